The minimum Gasteiger partial charge on any atom is -0.354 e. The molecule has 0 unspecified atom stereocenters. The van der Waals surface area contributed by atoms with Gasteiger partial charge in [0, 0.05) is 6.54 Å². The number of benzene rings is 1. The summed E-state index contributed by atoms with van der Waals surface area (Å²) in [5.74, 6) is 0.245. The van der Waals surface area contributed by atoms with Crippen molar-refractivity contribution in [2.45, 2.75) is 48.7 Å². The lowest BCUT2D eigenvalue weighted by atomic mass is 9.83. The van der Waals surface area contributed by atoms with Gasteiger partial charge in [0.2, 0.25) is 5.91 Å². The molecule has 4 nitrogen and oxygen atoms in total. The van der Waals surface area contributed by atoms with Gasteiger partial charge in [-0.05, 0) is 57.1 Å². The first-order chi connectivity index (χ1) is 9.96. The highest BCUT2D eigenvalue weighted by molar-refractivity contribution is 7.93. The molecule has 0 aliphatic heterocycles. The number of amides is 1. The van der Waals surface area contributed by atoms with E-state index in [4.69, 9.17) is 0 Å². The van der Waals surface area contributed by atoms with Crippen LogP contribution in [0.5, 0.6) is 0 Å². The van der Waals surface area contributed by atoms with E-state index in [2.05, 4.69) is 5.32 Å². The number of nitrogens with one attached hydrogen (secondary N) is 1. The number of hydrogen-bond donors (Lipinski definition) is 1. The van der Waals surface area contributed by atoms with Gasteiger partial charge in [-0.3, -0.25) is 4.79 Å². The quantitative estimate of drug-likeness (QED) is 0.907. The number of aryl methyl sites for hydroxylation is 1. The average Bonchev–Trinajstić information content (AvgIpc) is 3.19. The Labute approximate surface area is 125 Å². The zero-order valence-electron chi connectivity index (χ0n) is 12.3. The maximum Gasteiger partial charge on any atom is 0.241 e. The standard InChI is InChI=1S/C16H21NO3S/c1-12-3-7-14(8-4-12)21(19,20)16(9-2-10-16)15(18)17-11-13-5-6-13/h3-4,7-8,13H,2,5-6,9-11H2,1H3,(H,17,18). The third-order valence-electron chi connectivity index (χ3n) is 4.67. The fraction of sp³-hybridized carbons (Fsp3) is 0.562. The molecule has 2 aliphatic carbocycles. The maximum atomic E-state index is 12.9. The van der Waals surface area contributed by atoms with Crippen LogP contribution in [-0.4, -0.2) is 25.6 Å². The summed E-state index contributed by atoms with van der Waals surface area (Å²) in [6.45, 7) is 2.53. The Bertz CT molecular complexity index is 641. The Balaban J connectivity index is 1.86. The summed E-state index contributed by atoms with van der Waals surface area (Å²) < 4.78 is 24.5. The molecule has 3 rings (SSSR count). The smallest absolute Gasteiger partial charge is 0.241 e. The summed E-state index contributed by atoms with van der Waals surface area (Å²) in [5.41, 5.74) is 1.01. The molecule has 5 heteroatoms. The van der Waals surface area contributed by atoms with Gasteiger partial charge in [-0.1, -0.05) is 17.7 Å². The fourth-order valence-corrected chi connectivity index (χ4v) is 4.87. The molecular weight excluding hydrogens is 286 g/mol. The highest BCUT2D eigenvalue weighted by atomic mass is 32.2. The lowest BCUT2D eigenvalue weighted by Gasteiger charge is -2.39. The SMILES string of the molecule is Cc1ccc(S(=O)(=O)C2(C(=O)NCC3CC3)CCC2)cc1. The van der Waals surface area contributed by atoms with Crippen molar-refractivity contribution in [3.8, 4) is 0 Å². The van der Waals surface area contributed by atoms with E-state index in [1.807, 2.05) is 6.92 Å². The van der Waals surface area contributed by atoms with Gasteiger partial charge in [0.15, 0.2) is 14.6 Å². The van der Waals surface area contributed by atoms with Crippen LogP contribution in [-0.2, 0) is 14.6 Å². The molecule has 2 aliphatic rings. The first-order valence-electron chi connectivity index (χ1n) is 7.55. The molecule has 1 N–H and O–H groups in total. The maximum absolute atomic E-state index is 12.9. The van der Waals surface area contributed by atoms with Crippen molar-refractivity contribution in [3.63, 3.8) is 0 Å². The van der Waals surface area contributed by atoms with Crippen LogP contribution >= 0.6 is 0 Å². The van der Waals surface area contributed by atoms with Crippen LogP contribution in [0, 0.1) is 12.8 Å². The number of rotatable bonds is 5. The molecule has 114 valence electrons. The monoisotopic (exact) mass is 307 g/mol. The Morgan fingerprint density at radius 2 is 1.86 bits per heavy atom. The second-order valence-electron chi connectivity index (χ2n) is 6.32. The predicted molar refractivity (Wildman–Crippen MR) is 80.7 cm³/mol. The van der Waals surface area contributed by atoms with Gasteiger partial charge in [-0.15, -0.1) is 0 Å². The van der Waals surface area contributed by atoms with E-state index in [1.165, 1.54) is 0 Å². The Kier molecular flexibility index (Phi) is 3.56. The van der Waals surface area contributed by atoms with E-state index in [0.29, 0.717) is 25.3 Å². The van der Waals surface area contributed by atoms with Crippen LogP contribution in [0.4, 0.5) is 0 Å². The second-order valence-corrected chi connectivity index (χ2v) is 8.58. The molecular formula is C16H21NO3S. The Hall–Kier alpha value is -1.36. The molecule has 0 radical (unpaired) electrons. The topological polar surface area (TPSA) is 63.2 Å². The molecule has 0 spiro atoms. The molecule has 1 aromatic carbocycles. The van der Waals surface area contributed by atoms with E-state index in [-0.39, 0.29) is 10.8 Å². The molecule has 0 atom stereocenters. The zero-order chi connectivity index (χ0) is 15.1. The van der Waals surface area contributed by atoms with Crippen molar-refractivity contribution in [1.29, 1.82) is 0 Å². The molecule has 0 heterocycles. The average molecular weight is 307 g/mol. The van der Waals surface area contributed by atoms with Crippen LogP contribution in [0.3, 0.4) is 0 Å². The van der Waals surface area contributed by atoms with Gasteiger partial charge >= 0.3 is 0 Å². The first-order valence-corrected chi connectivity index (χ1v) is 9.04. The normalized spacial score (nSPS) is 20.6. The minimum atomic E-state index is -3.62. The second kappa shape index (κ2) is 5.13. The third-order valence-corrected chi connectivity index (χ3v) is 7.18. The van der Waals surface area contributed by atoms with E-state index in [1.54, 1.807) is 24.3 Å². The van der Waals surface area contributed by atoms with E-state index in [9.17, 15) is 13.2 Å². The lowest BCUT2D eigenvalue weighted by Crippen LogP contribution is -2.57. The van der Waals surface area contributed by atoms with E-state index in [0.717, 1.165) is 24.8 Å². The summed E-state index contributed by atoms with van der Waals surface area (Å²) in [5, 5.41) is 2.86. The first kappa shape index (κ1) is 14.6. The van der Waals surface area contributed by atoms with Crippen LogP contribution in [0.1, 0.15) is 37.7 Å². The van der Waals surface area contributed by atoms with E-state index < -0.39 is 14.6 Å². The van der Waals surface area contributed by atoms with E-state index >= 15 is 0 Å². The van der Waals surface area contributed by atoms with Crippen LogP contribution in [0.2, 0.25) is 0 Å². The molecule has 2 fully saturated rings. The summed E-state index contributed by atoms with van der Waals surface area (Å²) >= 11 is 0. The number of carbonyl (C=O) groups is 1. The van der Waals surface area contributed by atoms with Crippen LogP contribution < -0.4 is 5.32 Å². The molecule has 1 aromatic rings. The van der Waals surface area contributed by atoms with Crippen molar-refractivity contribution in [2.24, 2.45) is 5.92 Å². The van der Waals surface area contributed by atoms with Gasteiger partial charge in [0.1, 0.15) is 0 Å². The molecule has 0 bridgehead atoms. The van der Waals surface area contributed by atoms with Crippen molar-refractivity contribution >= 4 is 15.7 Å². The van der Waals surface area contributed by atoms with Crippen LogP contribution in [0.25, 0.3) is 0 Å². The predicted octanol–water partition coefficient (Wildman–Crippen LogP) is 2.22. The number of hydrogen-bond acceptors (Lipinski definition) is 3. The fourth-order valence-electron chi connectivity index (χ4n) is 2.78. The van der Waals surface area contributed by atoms with Gasteiger partial charge in [-0.2, -0.15) is 0 Å². The van der Waals surface area contributed by atoms with Crippen molar-refractivity contribution in [1.82, 2.24) is 5.32 Å². The van der Waals surface area contributed by atoms with Gasteiger partial charge in [-0.25, -0.2) is 8.42 Å². The molecule has 2 saturated carbocycles. The minimum absolute atomic E-state index is 0.259. The lowest BCUT2D eigenvalue weighted by molar-refractivity contribution is -0.125. The molecule has 0 saturated heterocycles. The third kappa shape index (κ3) is 2.48. The van der Waals surface area contributed by atoms with Crippen molar-refractivity contribution in [2.75, 3.05) is 6.54 Å². The summed E-state index contributed by atoms with van der Waals surface area (Å²) in [6, 6.07) is 6.78. The Morgan fingerprint density at radius 1 is 1.24 bits per heavy atom. The highest BCUT2D eigenvalue weighted by Crippen LogP contribution is 2.43. The van der Waals surface area contributed by atoms with Gasteiger partial charge < -0.3 is 5.32 Å². The molecule has 1 amide bonds. The van der Waals surface area contributed by atoms with Crippen molar-refractivity contribution < 1.29 is 13.2 Å². The summed E-state index contributed by atoms with van der Waals surface area (Å²) in [6.07, 6.45) is 3.93. The highest BCUT2D eigenvalue weighted by Gasteiger charge is 2.55. The largest absolute Gasteiger partial charge is 0.354 e. The zero-order valence-corrected chi connectivity index (χ0v) is 13.1. The van der Waals surface area contributed by atoms with Crippen molar-refractivity contribution in [3.05, 3.63) is 29.8 Å². The molecule has 0 aromatic heterocycles. The number of carbonyl (C=O) groups excluding carboxylic acids is 1. The molecule has 21 heavy (non-hydrogen) atoms. The van der Waals surface area contributed by atoms with Gasteiger partial charge in [0.25, 0.3) is 0 Å². The van der Waals surface area contributed by atoms with Gasteiger partial charge in [0.05, 0.1) is 4.90 Å². The Morgan fingerprint density at radius 3 is 2.33 bits per heavy atom. The summed E-state index contributed by atoms with van der Waals surface area (Å²) in [4.78, 5) is 12.7. The summed E-state index contributed by atoms with van der Waals surface area (Å²) in [7, 11) is -3.62. The van der Waals surface area contributed by atoms with Crippen LogP contribution in [0.15, 0.2) is 29.2 Å². The number of sulfone groups is 1.